The Bertz CT molecular complexity index is 1010. The van der Waals surface area contributed by atoms with Gasteiger partial charge in [-0.15, -0.1) is 0 Å². The van der Waals surface area contributed by atoms with Crippen molar-refractivity contribution in [1.29, 1.82) is 0 Å². The van der Waals surface area contributed by atoms with Gasteiger partial charge in [0, 0.05) is 24.8 Å². The fraction of sp³-hybridized carbons (Fsp3) is 0.316. The lowest BCUT2D eigenvalue weighted by Crippen LogP contribution is -2.35. The monoisotopic (exact) mass is 403 g/mol. The van der Waals surface area contributed by atoms with Crippen molar-refractivity contribution in [3.8, 4) is 0 Å². The fourth-order valence-electron chi connectivity index (χ4n) is 3.17. The van der Waals surface area contributed by atoms with Gasteiger partial charge in [-0.25, -0.2) is 8.42 Å². The number of hydrogen-bond donors (Lipinski definition) is 1. The molecule has 0 saturated carbocycles. The molecule has 3 rings (SSSR count). The Balaban J connectivity index is 1.90. The van der Waals surface area contributed by atoms with E-state index in [-0.39, 0.29) is 16.1 Å². The third-order valence-corrected chi connectivity index (χ3v) is 6.65. The van der Waals surface area contributed by atoms with Crippen LogP contribution < -0.4 is 5.32 Å². The third kappa shape index (κ3) is 4.05. The summed E-state index contributed by atoms with van der Waals surface area (Å²) in [6.45, 7) is 2.69. The number of nitrogens with zero attached hydrogens (tertiary/aromatic N) is 2. The van der Waals surface area contributed by atoms with E-state index in [1.165, 1.54) is 40.7 Å². The summed E-state index contributed by atoms with van der Waals surface area (Å²) < 4.78 is 27.2. The number of carbonyl (C=O) groups excluding carboxylic acids is 1. The quantitative estimate of drug-likeness (QED) is 0.608. The van der Waals surface area contributed by atoms with Gasteiger partial charge in [0.15, 0.2) is 0 Å². The normalized spacial score (nSPS) is 15.2. The van der Waals surface area contributed by atoms with Crippen LogP contribution >= 0.6 is 0 Å². The van der Waals surface area contributed by atoms with Gasteiger partial charge in [0.2, 0.25) is 10.0 Å². The average molecular weight is 403 g/mol. The maximum atomic E-state index is 12.9. The molecule has 2 aromatic carbocycles. The molecule has 1 heterocycles. The third-order valence-electron chi connectivity index (χ3n) is 4.76. The molecule has 0 bridgehead atoms. The molecule has 1 N–H and O–H groups in total. The minimum absolute atomic E-state index is 0.0869. The minimum atomic E-state index is -3.65. The number of hydrogen-bond acceptors (Lipinski definition) is 5. The van der Waals surface area contributed by atoms with Crippen molar-refractivity contribution in [2.45, 2.75) is 31.1 Å². The minimum Gasteiger partial charge on any atom is -0.321 e. The first-order valence-electron chi connectivity index (χ1n) is 8.96. The van der Waals surface area contributed by atoms with Crippen molar-refractivity contribution < 1.29 is 18.1 Å². The zero-order valence-electron chi connectivity index (χ0n) is 15.4. The molecule has 0 unspecified atom stereocenters. The van der Waals surface area contributed by atoms with E-state index in [4.69, 9.17) is 0 Å². The highest BCUT2D eigenvalue weighted by Gasteiger charge is 2.27. The molecule has 1 fully saturated rings. The molecular weight excluding hydrogens is 382 g/mol. The van der Waals surface area contributed by atoms with Crippen LogP contribution in [0.5, 0.6) is 0 Å². The first-order chi connectivity index (χ1) is 13.3. The molecule has 0 aliphatic carbocycles. The van der Waals surface area contributed by atoms with Crippen molar-refractivity contribution in [2.24, 2.45) is 0 Å². The Kier molecular flexibility index (Phi) is 5.76. The van der Waals surface area contributed by atoms with Crippen molar-refractivity contribution in [1.82, 2.24) is 4.31 Å². The van der Waals surface area contributed by atoms with Gasteiger partial charge >= 0.3 is 0 Å². The van der Waals surface area contributed by atoms with E-state index in [2.05, 4.69) is 5.32 Å². The summed E-state index contributed by atoms with van der Waals surface area (Å²) >= 11 is 0. The number of piperidine rings is 1. The van der Waals surface area contributed by atoms with Crippen LogP contribution in [0.1, 0.15) is 35.2 Å². The van der Waals surface area contributed by atoms with E-state index in [9.17, 15) is 23.3 Å². The standard InChI is InChI=1S/C19H21N3O5S/c1-14-9-10-15(28(26,27)21-11-5-2-6-12-21)13-17(14)20-19(23)16-7-3-4-8-18(16)22(24)25/h3-4,7-10,13H,2,5-6,11-12H2,1H3,(H,20,23). The number of nitro groups is 1. The SMILES string of the molecule is Cc1ccc(S(=O)(=O)N2CCCCC2)cc1NC(=O)c1ccccc1[N+](=O)[O-]. The first-order valence-corrected chi connectivity index (χ1v) is 10.4. The van der Waals surface area contributed by atoms with Crippen LogP contribution in [-0.4, -0.2) is 36.6 Å². The highest BCUT2D eigenvalue weighted by Crippen LogP contribution is 2.26. The molecule has 1 amide bonds. The van der Waals surface area contributed by atoms with Gasteiger partial charge in [-0.05, 0) is 43.5 Å². The van der Waals surface area contributed by atoms with Crippen LogP contribution in [-0.2, 0) is 10.0 Å². The molecule has 9 heteroatoms. The summed E-state index contributed by atoms with van der Waals surface area (Å²) in [4.78, 5) is 23.2. The second-order valence-corrected chi connectivity index (χ2v) is 8.61. The molecule has 1 aliphatic heterocycles. The van der Waals surface area contributed by atoms with Crippen molar-refractivity contribution >= 4 is 27.3 Å². The average Bonchev–Trinajstić information content (AvgIpc) is 2.70. The summed E-state index contributed by atoms with van der Waals surface area (Å²) in [5, 5.41) is 13.8. The number of anilines is 1. The molecule has 0 spiro atoms. The van der Waals surface area contributed by atoms with Crippen LogP contribution in [0.3, 0.4) is 0 Å². The number of nitro benzene ring substituents is 1. The van der Waals surface area contributed by atoms with Gasteiger partial charge in [-0.1, -0.05) is 24.6 Å². The Labute approximate surface area is 163 Å². The van der Waals surface area contributed by atoms with E-state index in [1.54, 1.807) is 13.0 Å². The summed E-state index contributed by atoms with van der Waals surface area (Å²) in [6, 6.07) is 10.2. The molecule has 1 saturated heterocycles. The molecule has 1 aliphatic rings. The molecule has 8 nitrogen and oxygen atoms in total. The van der Waals surface area contributed by atoms with Gasteiger partial charge in [-0.3, -0.25) is 14.9 Å². The predicted octanol–water partition coefficient (Wildman–Crippen LogP) is 3.33. The molecule has 0 aromatic heterocycles. The van der Waals surface area contributed by atoms with Crippen molar-refractivity contribution in [3.63, 3.8) is 0 Å². The van der Waals surface area contributed by atoms with Crippen LogP contribution in [0.15, 0.2) is 47.4 Å². The number of rotatable bonds is 5. The van der Waals surface area contributed by atoms with E-state index in [1.807, 2.05) is 0 Å². The number of amides is 1. The zero-order chi connectivity index (χ0) is 20.3. The highest BCUT2D eigenvalue weighted by molar-refractivity contribution is 7.89. The molecule has 28 heavy (non-hydrogen) atoms. The number of aryl methyl sites for hydroxylation is 1. The highest BCUT2D eigenvalue weighted by atomic mass is 32.2. The largest absolute Gasteiger partial charge is 0.321 e. The summed E-state index contributed by atoms with van der Waals surface area (Å²) in [6.07, 6.45) is 2.66. The number of benzene rings is 2. The molecular formula is C19H21N3O5S. The van der Waals surface area contributed by atoms with Gasteiger partial charge in [0.25, 0.3) is 11.6 Å². The number of nitrogens with one attached hydrogen (secondary N) is 1. The maximum absolute atomic E-state index is 12.9. The van der Waals surface area contributed by atoms with Crippen LogP contribution in [0, 0.1) is 17.0 Å². The predicted molar refractivity (Wildman–Crippen MR) is 105 cm³/mol. The summed E-state index contributed by atoms with van der Waals surface area (Å²) in [5.74, 6) is -0.664. The fourth-order valence-corrected chi connectivity index (χ4v) is 4.71. The second-order valence-electron chi connectivity index (χ2n) is 6.67. The van der Waals surface area contributed by atoms with Crippen LogP contribution in [0.2, 0.25) is 0 Å². The number of para-hydroxylation sites is 1. The van der Waals surface area contributed by atoms with Gasteiger partial charge in [0.1, 0.15) is 5.56 Å². The smallest absolute Gasteiger partial charge is 0.282 e. The molecule has 0 radical (unpaired) electrons. The summed E-state index contributed by atoms with van der Waals surface area (Å²) in [5.41, 5.74) is 0.566. The number of sulfonamides is 1. The lowest BCUT2D eigenvalue weighted by Gasteiger charge is -2.26. The molecule has 0 atom stereocenters. The lowest BCUT2D eigenvalue weighted by atomic mass is 10.1. The molecule has 2 aromatic rings. The van der Waals surface area contributed by atoms with Gasteiger partial charge < -0.3 is 5.32 Å². The molecule has 148 valence electrons. The Morgan fingerprint density at radius 1 is 1.11 bits per heavy atom. The van der Waals surface area contributed by atoms with Crippen molar-refractivity contribution in [2.75, 3.05) is 18.4 Å². The topological polar surface area (TPSA) is 110 Å². The lowest BCUT2D eigenvalue weighted by molar-refractivity contribution is -0.385. The van der Waals surface area contributed by atoms with Gasteiger partial charge in [-0.2, -0.15) is 4.31 Å². The first kappa shape index (κ1) is 20.0. The van der Waals surface area contributed by atoms with E-state index in [0.717, 1.165) is 19.3 Å². The Morgan fingerprint density at radius 2 is 1.79 bits per heavy atom. The van der Waals surface area contributed by atoms with Crippen molar-refractivity contribution in [3.05, 3.63) is 63.7 Å². The van der Waals surface area contributed by atoms with Crippen LogP contribution in [0.4, 0.5) is 11.4 Å². The Hall–Kier alpha value is -2.78. The maximum Gasteiger partial charge on any atom is 0.282 e. The van der Waals surface area contributed by atoms with E-state index < -0.39 is 20.9 Å². The zero-order valence-corrected chi connectivity index (χ0v) is 16.2. The summed E-state index contributed by atoms with van der Waals surface area (Å²) in [7, 11) is -3.65. The second kappa shape index (κ2) is 8.07. The number of carbonyl (C=O) groups is 1. The van der Waals surface area contributed by atoms with E-state index >= 15 is 0 Å². The van der Waals surface area contributed by atoms with E-state index in [0.29, 0.717) is 24.3 Å². The Morgan fingerprint density at radius 3 is 2.46 bits per heavy atom. The van der Waals surface area contributed by atoms with Gasteiger partial charge in [0.05, 0.1) is 9.82 Å². The van der Waals surface area contributed by atoms with Crippen LogP contribution in [0.25, 0.3) is 0 Å².